The van der Waals surface area contributed by atoms with E-state index >= 15 is 0 Å². The van der Waals surface area contributed by atoms with Crippen LogP contribution in [0.25, 0.3) is 22.8 Å². The standard InChI is InChI=1S/2C10H8N2.2C9H10BrNO4S.2C7H5BrO2.3Cu.2H2O/c2*1-3-7-11-9(5-1)10-6-2-4-8-12-10;2*10-8-1-2-9(12)7(5-8)6-11-3-4-16(13,14)15;2*8-6-1-2-7(10)5(3-6)4-9;;;;;/h2*1-8H;2*1-2,5-6,12H,3-4H2,(H,13,14,15);2*1-4,10H;;;;2*1H2/q;;;;;;3*+2;;/p-6. The van der Waals surface area contributed by atoms with Crippen LogP contribution in [0.2, 0.25) is 0 Å². The molecule has 4 aromatic heterocycles. The molecule has 0 atom stereocenters. The zero-order valence-electron chi connectivity index (χ0n) is 41.1. The van der Waals surface area contributed by atoms with Gasteiger partial charge < -0.3 is 40.5 Å². The van der Waals surface area contributed by atoms with E-state index in [0.29, 0.717) is 23.7 Å². The van der Waals surface area contributed by atoms with E-state index in [1.54, 1.807) is 61.2 Å². The van der Waals surface area contributed by atoms with Crippen LogP contribution in [-0.4, -0.2) is 106 Å². The molecule has 0 bridgehead atoms. The molecule has 0 aliphatic carbocycles. The van der Waals surface area contributed by atoms with Crippen molar-refractivity contribution < 1.29 is 118 Å². The quantitative estimate of drug-likeness (QED) is 0.0562. The molecule has 8 rings (SSSR count). The summed E-state index contributed by atoms with van der Waals surface area (Å²) in [4.78, 5) is 44.5. The summed E-state index contributed by atoms with van der Waals surface area (Å²) in [5, 5.41) is 44.0. The number of hydrogen-bond donors (Lipinski definition) is 0. The van der Waals surface area contributed by atoms with Crippen LogP contribution in [0.5, 0.6) is 23.0 Å². The minimum absolute atomic E-state index is 0. The summed E-state index contributed by atoms with van der Waals surface area (Å²) in [6.07, 6.45) is 10.7. The summed E-state index contributed by atoms with van der Waals surface area (Å²) >= 11 is 12.7. The van der Waals surface area contributed by atoms with Gasteiger partial charge in [-0.15, -0.1) is 0 Å². The van der Waals surface area contributed by atoms with Gasteiger partial charge in [-0.1, -0.05) is 135 Å². The van der Waals surface area contributed by atoms with Gasteiger partial charge in [0.25, 0.3) is 0 Å². The second kappa shape index (κ2) is 43.3. The number of carbonyl (C=O) groups excluding carboxylic acids is 2. The van der Waals surface area contributed by atoms with Gasteiger partial charge in [0.2, 0.25) is 0 Å². The predicted octanol–water partition coefficient (Wildman–Crippen LogP) is 6.27. The molecule has 4 N–H and O–H groups in total. The number of aldehydes is 2. The molecule has 0 unspecified atom stereocenters. The van der Waals surface area contributed by atoms with Crippen molar-refractivity contribution in [1.29, 1.82) is 0 Å². The minimum Gasteiger partial charge on any atom is -0.872 e. The van der Waals surface area contributed by atoms with E-state index in [2.05, 4.69) is 93.6 Å². The Balaban J connectivity index is -0.000000898. The van der Waals surface area contributed by atoms with Gasteiger partial charge in [0, 0.05) is 66.2 Å². The Bertz CT molecular complexity index is 3080. The first-order valence-corrected chi connectivity index (χ1v) is 27.8. The summed E-state index contributed by atoms with van der Waals surface area (Å²) in [5.41, 5.74) is 4.73. The van der Waals surface area contributed by atoms with Crippen molar-refractivity contribution in [3.63, 3.8) is 0 Å². The average Bonchev–Trinajstić information content (AvgIpc) is 3.41. The summed E-state index contributed by atoms with van der Waals surface area (Å²) in [7, 11) is -8.50. The van der Waals surface area contributed by atoms with Crippen molar-refractivity contribution in [2.24, 2.45) is 9.98 Å². The molecule has 4 heterocycles. The minimum atomic E-state index is -4.25. The fourth-order valence-electron chi connectivity index (χ4n) is 5.18. The third kappa shape index (κ3) is 34.6. The maximum Gasteiger partial charge on any atom is 2.00 e. The third-order valence-electron chi connectivity index (χ3n) is 8.73. The van der Waals surface area contributed by atoms with Gasteiger partial charge >= 0.3 is 51.2 Å². The first-order chi connectivity index (χ1) is 36.2. The Morgan fingerprint density at radius 1 is 0.395 bits per heavy atom. The molecule has 0 aliphatic heterocycles. The van der Waals surface area contributed by atoms with Crippen molar-refractivity contribution in [2.45, 2.75) is 0 Å². The normalized spacial score (nSPS) is 9.95. The van der Waals surface area contributed by atoms with Crippen LogP contribution in [-0.2, 0) is 71.4 Å². The average molecular weight is 1550 g/mol. The van der Waals surface area contributed by atoms with Crippen LogP contribution in [0, 0.1) is 0 Å². The molecule has 4 aromatic carbocycles. The van der Waals surface area contributed by atoms with Crippen molar-refractivity contribution >= 4 is 109 Å². The largest absolute Gasteiger partial charge is 2.00 e. The molecule has 3 radical (unpaired) electrons. The van der Waals surface area contributed by atoms with Crippen LogP contribution in [0.15, 0.2) is 198 Å². The number of pyridine rings is 4. The third-order valence-corrected chi connectivity index (χ3v) is 12.1. The Kier molecular flexibility index (Phi) is 42.6. The second-order valence-corrected chi connectivity index (χ2v) is 21.1. The Morgan fingerprint density at radius 2 is 0.630 bits per heavy atom. The second-order valence-electron chi connectivity index (χ2n) is 14.4. The van der Waals surface area contributed by atoms with Crippen LogP contribution in [0.4, 0.5) is 0 Å². The van der Waals surface area contributed by atoms with E-state index in [-0.39, 0.29) is 109 Å². The van der Waals surface area contributed by atoms with Crippen molar-refractivity contribution in [3.8, 4) is 45.8 Å². The molecular formula is C52H44Br4Cu3N6O14S2. The van der Waals surface area contributed by atoms with Crippen molar-refractivity contribution in [1.82, 2.24) is 19.9 Å². The van der Waals surface area contributed by atoms with Gasteiger partial charge in [-0.05, 0) is 108 Å². The number of halogens is 4. The number of aliphatic imine (C=N–C) groups is 2. The summed E-state index contributed by atoms with van der Waals surface area (Å²) in [6.45, 7) is -0.282. The van der Waals surface area contributed by atoms with Crippen LogP contribution < -0.4 is 20.4 Å². The van der Waals surface area contributed by atoms with Crippen LogP contribution >= 0.6 is 63.7 Å². The first-order valence-electron chi connectivity index (χ1n) is 21.5. The first kappa shape index (κ1) is 79.8. The zero-order chi connectivity index (χ0) is 55.9. The molecule has 0 saturated carbocycles. The van der Waals surface area contributed by atoms with Crippen molar-refractivity contribution in [2.75, 3.05) is 24.6 Å². The Labute approximate surface area is 532 Å². The fourth-order valence-corrected chi connectivity index (χ4v) is 7.35. The number of benzene rings is 4. The van der Waals surface area contributed by atoms with Crippen LogP contribution in [0.1, 0.15) is 31.8 Å². The fraction of sp³-hybridized carbons (Fsp3) is 0.0769. The molecule has 81 heavy (non-hydrogen) atoms. The molecule has 29 heteroatoms. The van der Waals surface area contributed by atoms with Gasteiger partial charge in [-0.25, -0.2) is 16.8 Å². The SMILES string of the molecule is O.O.O=Cc1cc(Br)ccc1[O-].O=Cc1cc(Br)ccc1[O-].O=S(=O)([O-])CCN=Cc1cc(Br)ccc1[O-].O=S(=O)([O-])CCN=Cc1cc(Br)ccc1[O-].[Cu+2].[Cu+2].[Cu+2].c1ccc(-c2ccccn2)nc1.c1ccc(-c2ccccn2)nc1. The molecule has 8 aromatic rings. The predicted molar refractivity (Wildman–Crippen MR) is 301 cm³/mol. The summed E-state index contributed by atoms with van der Waals surface area (Å²) in [5.74, 6) is -2.03. The molecule has 0 fully saturated rings. The number of carbonyl (C=O) groups is 2. The maximum absolute atomic E-state index is 11.3. The van der Waals surface area contributed by atoms with E-state index in [1.165, 1.54) is 48.8 Å². The number of nitrogens with zero attached hydrogens (tertiary/aromatic N) is 6. The van der Waals surface area contributed by atoms with E-state index in [0.717, 1.165) is 40.7 Å². The number of hydrogen-bond acceptors (Lipinski definition) is 18. The number of aromatic nitrogens is 4. The molecular weight excluding hydrogens is 1510 g/mol. The van der Waals surface area contributed by atoms with Crippen LogP contribution in [0.3, 0.4) is 0 Å². The molecule has 0 saturated heterocycles. The van der Waals surface area contributed by atoms with E-state index < -0.39 is 31.7 Å². The van der Waals surface area contributed by atoms with E-state index in [9.17, 15) is 56.0 Å². The summed E-state index contributed by atoms with van der Waals surface area (Å²) < 4.78 is 64.5. The molecule has 0 spiro atoms. The van der Waals surface area contributed by atoms with Gasteiger partial charge in [0.15, 0.2) is 0 Å². The molecule has 0 aliphatic rings. The van der Waals surface area contributed by atoms with Gasteiger partial charge in [0.1, 0.15) is 12.6 Å². The molecule has 0 amide bonds. The van der Waals surface area contributed by atoms with Gasteiger partial charge in [-0.3, -0.25) is 39.5 Å². The smallest absolute Gasteiger partial charge is 0.872 e. The summed E-state index contributed by atoms with van der Waals surface area (Å²) in [6, 6.07) is 41.2. The van der Waals surface area contributed by atoms with Gasteiger partial charge in [-0.2, -0.15) is 0 Å². The Morgan fingerprint density at radius 3 is 0.827 bits per heavy atom. The molecule has 439 valence electrons. The zero-order valence-corrected chi connectivity index (χ0v) is 51.9. The maximum atomic E-state index is 11.3. The van der Waals surface area contributed by atoms with Crippen molar-refractivity contribution in [3.05, 3.63) is 211 Å². The van der Waals surface area contributed by atoms with E-state index in [4.69, 9.17) is 0 Å². The van der Waals surface area contributed by atoms with E-state index in [1.807, 2.05) is 72.8 Å². The molecule has 20 nitrogen and oxygen atoms in total. The number of rotatable bonds is 12. The Hall–Kier alpha value is -5.42. The topological polar surface area (TPSA) is 380 Å². The van der Waals surface area contributed by atoms with Gasteiger partial charge in [0.05, 0.1) is 67.6 Å². The monoisotopic (exact) mass is 1540 g/mol.